The highest BCUT2D eigenvalue weighted by molar-refractivity contribution is 6.04. The number of carbonyl (C=O) groups is 2. The number of hydrogen-bond acceptors (Lipinski definition) is 3. The molecular weight excluding hydrogens is 402 g/mol. The monoisotopic (exact) mass is 423 g/mol. The van der Waals surface area contributed by atoms with Crippen LogP contribution in [0.15, 0.2) is 79.1 Å². The largest absolute Gasteiger partial charge is 0.346 e. The number of nitrogens with one attached hydrogen (secondary N) is 4. The lowest BCUT2D eigenvalue weighted by Gasteiger charge is -2.09. The molecule has 7 heteroatoms. The predicted molar refractivity (Wildman–Crippen MR) is 124 cm³/mol. The summed E-state index contributed by atoms with van der Waals surface area (Å²) in [6.07, 6.45) is 3.53. The van der Waals surface area contributed by atoms with Gasteiger partial charge >= 0.3 is 11.9 Å². The highest BCUT2D eigenvalue weighted by Crippen LogP contribution is 2.14. The van der Waals surface area contributed by atoms with Crippen molar-refractivity contribution < 1.29 is 9.59 Å². The first kappa shape index (κ1) is 20.7. The Morgan fingerprint density at radius 3 is 2.66 bits per heavy atom. The molecule has 0 aliphatic rings. The summed E-state index contributed by atoms with van der Waals surface area (Å²) in [6.45, 7) is 0.708. The Morgan fingerprint density at radius 2 is 1.78 bits per heavy atom. The van der Waals surface area contributed by atoms with Gasteiger partial charge in [-0.05, 0) is 47.5 Å². The van der Waals surface area contributed by atoms with Crippen LogP contribution in [0.2, 0.25) is 0 Å². The maximum atomic E-state index is 12.2. The summed E-state index contributed by atoms with van der Waals surface area (Å²) >= 11 is 0. The lowest BCUT2D eigenvalue weighted by Crippen LogP contribution is -2.34. The van der Waals surface area contributed by atoms with Crippen LogP contribution in [0.25, 0.3) is 11.0 Å². The van der Waals surface area contributed by atoms with Crippen LogP contribution in [0.4, 0.5) is 10.5 Å². The average molecular weight is 423 g/mol. The van der Waals surface area contributed by atoms with Gasteiger partial charge in [-0.3, -0.25) is 4.79 Å². The van der Waals surface area contributed by atoms with E-state index in [4.69, 9.17) is 0 Å². The predicted octanol–water partition coefficient (Wildman–Crippen LogP) is 3.55. The summed E-state index contributed by atoms with van der Waals surface area (Å²) in [5.74, 6) is 5.00. The summed E-state index contributed by atoms with van der Waals surface area (Å²) < 4.78 is 0. The number of aromatic nitrogens is 2. The molecule has 0 saturated heterocycles. The Hall–Kier alpha value is -4.57. The van der Waals surface area contributed by atoms with Crippen molar-refractivity contribution >= 4 is 28.7 Å². The fraction of sp³-hybridized carbons (Fsp3) is 0.0800. The Kier molecular flexibility index (Phi) is 6.44. The van der Waals surface area contributed by atoms with E-state index in [-0.39, 0.29) is 6.03 Å². The van der Waals surface area contributed by atoms with Crippen molar-refractivity contribution in [2.24, 2.45) is 0 Å². The molecule has 4 rings (SSSR count). The molecule has 0 saturated carbocycles. The Morgan fingerprint density at radius 1 is 0.938 bits per heavy atom. The minimum absolute atomic E-state index is 0.284. The fourth-order valence-electron chi connectivity index (χ4n) is 3.16. The third-order valence-corrected chi connectivity index (χ3v) is 4.72. The first-order valence-electron chi connectivity index (χ1n) is 10.1. The number of anilines is 1. The minimum atomic E-state index is -0.398. The maximum Gasteiger partial charge on any atom is 0.315 e. The van der Waals surface area contributed by atoms with E-state index in [1.165, 1.54) is 0 Å². The zero-order valence-corrected chi connectivity index (χ0v) is 17.2. The summed E-state index contributed by atoms with van der Waals surface area (Å²) in [5, 5.41) is 9.40. The highest BCUT2D eigenvalue weighted by Gasteiger charge is 2.06. The van der Waals surface area contributed by atoms with Gasteiger partial charge in [0.1, 0.15) is 5.65 Å². The van der Waals surface area contributed by atoms with Crippen LogP contribution >= 0.6 is 0 Å². The van der Waals surface area contributed by atoms with Gasteiger partial charge in [-0.2, -0.15) is 0 Å². The molecule has 2 aromatic carbocycles. The molecule has 0 radical (unpaired) electrons. The van der Waals surface area contributed by atoms with E-state index in [2.05, 4.69) is 37.8 Å². The number of pyridine rings is 1. The zero-order chi connectivity index (χ0) is 22.2. The smallest absolute Gasteiger partial charge is 0.315 e. The molecule has 0 fully saturated rings. The Labute approximate surface area is 185 Å². The molecule has 2 heterocycles. The van der Waals surface area contributed by atoms with Crippen molar-refractivity contribution in [3.8, 4) is 11.8 Å². The van der Waals surface area contributed by atoms with Crippen LogP contribution in [-0.4, -0.2) is 21.9 Å². The lowest BCUT2D eigenvalue weighted by molar-refractivity contribution is -0.111. The van der Waals surface area contributed by atoms with Gasteiger partial charge < -0.3 is 20.9 Å². The van der Waals surface area contributed by atoms with E-state index >= 15 is 0 Å². The fourth-order valence-corrected chi connectivity index (χ4v) is 3.16. The van der Waals surface area contributed by atoms with Crippen LogP contribution in [0.1, 0.15) is 16.7 Å². The SMILES string of the molecule is O=C(C#Cc1ccccc1)Nc1cccc(CNC(=O)NCc2ccnc3[nH]ccc23)c1. The van der Waals surface area contributed by atoms with E-state index in [0.717, 1.165) is 27.7 Å². The van der Waals surface area contributed by atoms with Crippen LogP contribution in [-0.2, 0) is 17.9 Å². The zero-order valence-electron chi connectivity index (χ0n) is 17.2. The number of benzene rings is 2. The molecule has 3 amide bonds. The molecule has 0 spiro atoms. The number of carbonyl (C=O) groups excluding carboxylic acids is 2. The van der Waals surface area contributed by atoms with Crippen molar-refractivity contribution in [2.45, 2.75) is 13.1 Å². The summed E-state index contributed by atoms with van der Waals surface area (Å²) in [6, 6.07) is 20.1. The third-order valence-electron chi connectivity index (χ3n) is 4.72. The number of fused-ring (bicyclic) bond motifs is 1. The molecule has 0 aliphatic carbocycles. The number of rotatable bonds is 5. The number of amides is 3. The van der Waals surface area contributed by atoms with Gasteiger partial charge in [0.05, 0.1) is 0 Å². The van der Waals surface area contributed by atoms with Crippen molar-refractivity contribution in [1.82, 2.24) is 20.6 Å². The van der Waals surface area contributed by atoms with Gasteiger partial charge in [-0.25, -0.2) is 9.78 Å². The van der Waals surface area contributed by atoms with Gasteiger partial charge in [0.25, 0.3) is 0 Å². The second-order valence-corrected chi connectivity index (χ2v) is 7.02. The third kappa shape index (κ3) is 5.52. The second kappa shape index (κ2) is 9.96. The van der Waals surface area contributed by atoms with Crippen LogP contribution in [0.3, 0.4) is 0 Å². The molecule has 4 aromatic rings. The summed E-state index contributed by atoms with van der Waals surface area (Å²) in [5.41, 5.74) is 4.01. The van der Waals surface area contributed by atoms with Crippen LogP contribution in [0, 0.1) is 11.8 Å². The summed E-state index contributed by atoms with van der Waals surface area (Å²) in [7, 11) is 0. The van der Waals surface area contributed by atoms with Crippen molar-refractivity contribution in [3.05, 3.63) is 95.8 Å². The van der Waals surface area contributed by atoms with Gasteiger partial charge in [-0.15, -0.1) is 0 Å². The molecular formula is C25H21N5O2. The van der Waals surface area contributed by atoms with E-state index in [0.29, 0.717) is 18.8 Å². The molecule has 0 atom stereocenters. The first-order chi connectivity index (χ1) is 15.7. The maximum absolute atomic E-state index is 12.2. The van der Waals surface area contributed by atoms with Gasteiger partial charge in [0.2, 0.25) is 0 Å². The van der Waals surface area contributed by atoms with Crippen LogP contribution in [0.5, 0.6) is 0 Å². The van der Waals surface area contributed by atoms with E-state index in [1.54, 1.807) is 18.3 Å². The summed E-state index contributed by atoms with van der Waals surface area (Å²) in [4.78, 5) is 31.6. The topological polar surface area (TPSA) is 98.9 Å². The van der Waals surface area contributed by atoms with Gasteiger partial charge in [0.15, 0.2) is 0 Å². The van der Waals surface area contributed by atoms with Gasteiger partial charge in [-0.1, -0.05) is 36.3 Å². The standard InChI is InChI=1S/C25H21N5O2/c31-23(10-9-18-5-2-1-3-6-18)30-21-8-4-7-19(15-21)16-28-25(32)29-17-20-11-13-26-24-22(20)12-14-27-24/h1-8,11-15H,16-17H2,(H,26,27)(H,30,31)(H2,28,29,32). The van der Waals surface area contributed by atoms with Crippen molar-refractivity contribution in [3.63, 3.8) is 0 Å². The molecule has 7 nitrogen and oxygen atoms in total. The van der Waals surface area contributed by atoms with E-state index < -0.39 is 5.91 Å². The number of H-pyrrole nitrogens is 1. The van der Waals surface area contributed by atoms with Gasteiger partial charge in [0, 0.05) is 48.0 Å². The average Bonchev–Trinajstić information content (AvgIpc) is 3.31. The molecule has 0 aliphatic heterocycles. The molecule has 0 bridgehead atoms. The minimum Gasteiger partial charge on any atom is -0.346 e. The first-order valence-corrected chi connectivity index (χ1v) is 10.1. The van der Waals surface area contributed by atoms with Crippen molar-refractivity contribution in [2.75, 3.05) is 5.32 Å². The Bertz CT molecular complexity index is 1300. The quantitative estimate of drug-likeness (QED) is 0.370. The number of hydrogen-bond donors (Lipinski definition) is 4. The normalized spacial score (nSPS) is 10.1. The number of urea groups is 1. The molecule has 2 aromatic heterocycles. The molecule has 32 heavy (non-hydrogen) atoms. The second-order valence-electron chi connectivity index (χ2n) is 7.02. The van der Waals surface area contributed by atoms with Crippen LogP contribution < -0.4 is 16.0 Å². The number of nitrogens with zero attached hydrogens (tertiary/aromatic N) is 1. The van der Waals surface area contributed by atoms with Crippen molar-refractivity contribution in [1.29, 1.82) is 0 Å². The molecule has 4 N–H and O–H groups in total. The van der Waals surface area contributed by atoms with E-state index in [9.17, 15) is 9.59 Å². The molecule has 0 unspecified atom stereocenters. The van der Waals surface area contributed by atoms with E-state index in [1.807, 2.05) is 60.8 Å². The lowest BCUT2D eigenvalue weighted by atomic mass is 10.2. The highest BCUT2D eigenvalue weighted by atomic mass is 16.2. The molecule has 158 valence electrons. The number of aromatic amines is 1. The Balaban J connectivity index is 1.28.